The van der Waals surface area contributed by atoms with Gasteiger partial charge in [-0.1, -0.05) is 60.7 Å². The van der Waals surface area contributed by atoms with Crippen LogP contribution in [0.25, 0.3) is 16.9 Å². The average molecular weight is 611 g/mol. The minimum absolute atomic E-state index is 0.279. The summed E-state index contributed by atoms with van der Waals surface area (Å²) in [5.41, 5.74) is 5.24. The van der Waals surface area contributed by atoms with E-state index in [1.165, 1.54) is 5.56 Å². The van der Waals surface area contributed by atoms with Crippen molar-refractivity contribution in [2.24, 2.45) is 0 Å². The van der Waals surface area contributed by atoms with Gasteiger partial charge in [-0.3, -0.25) is 9.24 Å². The van der Waals surface area contributed by atoms with Gasteiger partial charge in [-0.05, 0) is 65.5 Å². The minimum atomic E-state index is -0.279. The third kappa shape index (κ3) is 9.25. The molecule has 0 N–H and O–H groups in total. The lowest BCUT2D eigenvalue weighted by atomic mass is 10.1. The zero-order valence-corrected chi connectivity index (χ0v) is 27.4. The van der Waals surface area contributed by atoms with Gasteiger partial charge < -0.3 is 14.2 Å². The predicted molar refractivity (Wildman–Crippen MR) is 178 cm³/mol. The van der Waals surface area contributed by atoms with Crippen molar-refractivity contribution < 1.29 is 14.1 Å². The summed E-state index contributed by atoms with van der Waals surface area (Å²) in [6.45, 7) is 9.16. The number of aromatic nitrogens is 3. The number of nitrogens with zero attached hydrogens (tertiary/aromatic N) is 6. The maximum atomic E-state index is 6.87. The van der Waals surface area contributed by atoms with Crippen molar-refractivity contribution in [3.8, 4) is 17.1 Å². The van der Waals surface area contributed by atoms with Crippen LogP contribution in [0.1, 0.15) is 49.9 Å². The van der Waals surface area contributed by atoms with Gasteiger partial charge in [0.15, 0.2) is 5.65 Å². The Morgan fingerprint density at radius 1 is 0.778 bits per heavy atom. The first-order chi connectivity index (χ1) is 21.6. The van der Waals surface area contributed by atoms with Crippen molar-refractivity contribution >= 4 is 5.65 Å². The normalized spacial score (nSPS) is 12.2. The topological polar surface area (TPSA) is 71.5 Å². The Labute approximate surface area is 266 Å². The lowest BCUT2D eigenvalue weighted by molar-refractivity contribution is -0.221. The van der Waals surface area contributed by atoms with Crippen LogP contribution in [0, 0.1) is 0 Å². The molecule has 0 bridgehead atoms. The molecule has 9 heteroatoms. The highest BCUT2D eigenvalue weighted by Gasteiger charge is 2.23. The molecule has 0 saturated carbocycles. The van der Waals surface area contributed by atoms with E-state index in [0.717, 1.165) is 53.6 Å². The summed E-state index contributed by atoms with van der Waals surface area (Å²) >= 11 is 0. The standard InChI is InChI=1S/C36H46N6O3/c1-36(2,3)45-40(6)22-23-41(21-14-20-39(4)5)44-35-32(26-30-19-13-24-43-30)38-34-31(25-28-15-9-7-10-16-28)37-33(27-42(34)35)29-17-11-8-12-18-29/h7-13,15-19,24,27H,14,20-23,25-26H2,1-6H3. The second kappa shape index (κ2) is 14.8. The lowest BCUT2D eigenvalue weighted by Gasteiger charge is -2.29. The fourth-order valence-corrected chi connectivity index (χ4v) is 5.23. The van der Waals surface area contributed by atoms with Crippen LogP contribution in [0.5, 0.6) is 5.88 Å². The van der Waals surface area contributed by atoms with Gasteiger partial charge in [-0.25, -0.2) is 9.97 Å². The molecule has 2 aromatic carbocycles. The van der Waals surface area contributed by atoms with E-state index in [4.69, 9.17) is 24.1 Å². The number of hydrogen-bond acceptors (Lipinski definition) is 8. The van der Waals surface area contributed by atoms with Crippen molar-refractivity contribution in [1.82, 2.24) is 29.4 Å². The first-order valence-electron chi connectivity index (χ1n) is 15.6. The molecule has 238 valence electrons. The molecule has 0 saturated heterocycles. The van der Waals surface area contributed by atoms with Crippen molar-refractivity contribution in [2.45, 2.75) is 45.6 Å². The molecular weight excluding hydrogens is 564 g/mol. The van der Waals surface area contributed by atoms with Crippen molar-refractivity contribution in [2.75, 3.05) is 47.3 Å². The van der Waals surface area contributed by atoms with E-state index in [-0.39, 0.29) is 5.60 Å². The molecule has 5 rings (SSSR count). The summed E-state index contributed by atoms with van der Waals surface area (Å²) in [6.07, 6.45) is 5.81. The molecule has 3 aromatic heterocycles. The van der Waals surface area contributed by atoms with Gasteiger partial charge in [-0.2, -0.15) is 5.06 Å². The van der Waals surface area contributed by atoms with Gasteiger partial charge >= 0.3 is 0 Å². The zero-order chi connectivity index (χ0) is 31.8. The molecule has 0 amide bonds. The van der Waals surface area contributed by atoms with Crippen molar-refractivity contribution in [1.29, 1.82) is 0 Å². The molecule has 0 aliphatic rings. The summed E-state index contributed by atoms with van der Waals surface area (Å²) in [4.78, 5) is 25.5. The Hall–Kier alpha value is -4.02. The predicted octanol–water partition coefficient (Wildman–Crippen LogP) is 6.38. The monoisotopic (exact) mass is 610 g/mol. The highest BCUT2D eigenvalue weighted by atomic mass is 16.7. The number of likely N-dealkylation sites (N-methyl/N-ethyl adjacent to an activating group) is 1. The Kier molecular flexibility index (Phi) is 10.7. The van der Waals surface area contributed by atoms with Crippen LogP contribution in [-0.2, 0) is 17.7 Å². The smallest absolute Gasteiger partial charge is 0.246 e. The SMILES string of the molecule is CN(C)CCCN(CCN(C)OC(C)(C)C)Oc1c(Cc2ccco2)nc2c(Cc3ccccc3)nc(-c3ccccc3)cn12. The van der Waals surface area contributed by atoms with Crippen LogP contribution < -0.4 is 4.84 Å². The molecule has 0 atom stereocenters. The van der Waals surface area contributed by atoms with Crippen LogP contribution >= 0.6 is 0 Å². The molecule has 0 radical (unpaired) electrons. The van der Waals surface area contributed by atoms with Gasteiger partial charge in [0, 0.05) is 44.9 Å². The third-order valence-corrected chi connectivity index (χ3v) is 7.23. The summed E-state index contributed by atoms with van der Waals surface area (Å²) in [7, 11) is 6.15. The van der Waals surface area contributed by atoms with E-state index in [1.54, 1.807) is 6.26 Å². The summed E-state index contributed by atoms with van der Waals surface area (Å²) in [6, 6.07) is 24.5. The van der Waals surface area contributed by atoms with Gasteiger partial charge in [-0.15, -0.1) is 5.06 Å². The second-order valence-corrected chi connectivity index (χ2v) is 12.6. The molecule has 3 heterocycles. The zero-order valence-electron chi connectivity index (χ0n) is 27.4. The van der Waals surface area contributed by atoms with Crippen LogP contribution in [0.4, 0.5) is 0 Å². The Balaban J connectivity index is 1.57. The van der Waals surface area contributed by atoms with E-state index in [9.17, 15) is 0 Å². The van der Waals surface area contributed by atoms with Crippen LogP contribution in [-0.4, -0.2) is 82.3 Å². The molecule has 0 aliphatic carbocycles. The largest absolute Gasteiger partial charge is 0.469 e. The molecule has 0 aliphatic heterocycles. The van der Waals surface area contributed by atoms with E-state index < -0.39 is 0 Å². The van der Waals surface area contributed by atoms with E-state index in [1.807, 2.05) is 59.8 Å². The van der Waals surface area contributed by atoms with Crippen LogP contribution in [0.2, 0.25) is 0 Å². The first-order valence-corrected chi connectivity index (χ1v) is 15.6. The van der Waals surface area contributed by atoms with Crippen LogP contribution in [0.15, 0.2) is 89.7 Å². The number of furan rings is 1. The number of fused-ring (bicyclic) bond motifs is 1. The van der Waals surface area contributed by atoms with E-state index in [2.05, 4.69) is 80.6 Å². The van der Waals surface area contributed by atoms with Crippen molar-refractivity contribution in [3.05, 3.63) is 108 Å². The summed E-state index contributed by atoms with van der Waals surface area (Å²) in [5.74, 6) is 1.49. The van der Waals surface area contributed by atoms with Gasteiger partial charge in [0.1, 0.15) is 11.5 Å². The fourth-order valence-electron chi connectivity index (χ4n) is 5.23. The molecule has 0 fully saturated rings. The third-order valence-electron chi connectivity index (χ3n) is 7.23. The maximum absolute atomic E-state index is 6.87. The van der Waals surface area contributed by atoms with Gasteiger partial charge in [0.05, 0.1) is 29.7 Å². The Morgan fingerprint density at radius 3 is 2.18 bits per heavy atom. The van der Waals surface area contributed by atoms with Crippen molar-refractivity contribution in [3.63, 3.8) is 0 Å². The Morgan fingerprint density at radius 2 is 1.51 bits per heavy atom. The molecule has 5 aromatic rings. The lowest BCUT2D eigenvalue weighted by Crippen LogP contribution is -2.40. The summed E-state index contributed by atoms with van der Waals surface area (Å²) < 4.78 is 7.84. The highest BCUT2D eigenvalue weighted by Crippen LogP contribution is 2.30. The maximum Gasteiger partial charge on any atom is 0.246 e. The first kappa shape index (κ1) is 32.4. The molecule has 0 spiro atoms. The fraction of sp³-hybridized carbons (Fsp3) is 0.389. The number of benzene rings is 2. The Bertz CT molecular complexity index is 1610. The number of rotatable bonds is 15. The highest BCUT2D eigenvalue weighted by molar-refractivity contribution is 5.63. The minimum Gasteiger partial charge on any atom is -0.469 e. The number of imidazole rings is 1. The van der Waals surface area contributed by atoms with Crippen LogP contribution in [0.3, 0.4) is 0 Å². The average Bonchev–Trinajstić information content (AvgIpc) is 3.64. The quantitative estimate of drug-likeness (QED) is 0.127. The molecular formula is C36H46N6O3. The van der Waals surface area contributed by atoms with Gasteiger partial charge in [0.25, 0.3) is 0 Å². The van der Waals surface area contributed by atoms with E-state index >= 15 is 0 Å². The summed E-state index contributed by atoms with van der Waals surface area (Å²) in [5, 5.41) is 3.91. The van der Waals surface area contributed by atoms with Gasteiger partial charge in [0.2, 0.25) is 5.88 Å². The molecule has 45 heavy (non-hydrogen) atoms. The van der Waals surface area contributed by atoms with E-state index in [0.29, 0.717) is 31.8 Å². The second-order valence-electron chi connectivity index (χ2n) is 12.6. The number of hydroxylamine groups is 4. The number of hydrogen-bond donors (Lipinski definition) is 0. The molecule has 9 nitrogen and oxygen atoms in total. The molecule has 0 unspecified atom stereocenters.